The minimum atomic E-state index is -0.223. The summed E-state index contributed by atoms with van der Waals surface area (Å²) in [6.45, 7) is 0. The Balaban J connectivity index is 1.14. The van der Waals surface area contributed by atoms with E-state index in [2.05, 4.69) is 53.1 Å². The van der Waals surface area contributed by atoms with E-state index >= 15 is 0 Å². The van der Waals surface area contributed by atoms with Gasteiger partial charge in [0.05, 0.1) is 0 Å². The van der Waals surface area contributed by atoms with Crippen molar-refractivity contribution in [3.05, 3.63) is 157 Å². The standard InChI is InChI=1S/C44H33N7O3/c1-4-14-26(15-5-1)42-45-39(48-52-42)35-31-24-25-32(36(35)40-46-43(53-49-40)27-16-6-2-7-17-27)38(37(31)41-47-44(54-50-41)28-18-8-3-9-19-28)51-33-22-12-10-20-29(33)30-21-11-13-23-34(30)51/h1-23,31-32,35-38H,24-25H2. The highest BCUT2D eigenvalue weighted by atomic mass is 16.5. The molecule has 54 heavy (non-hydrogen) atoms. The summed E-state index contributed by atoms with van der Waals surface area (Å²) >= 11 is 0. The van der Waals surface area contributed by atoms with Gasteiger partial charge in [-0.05, 0) is 73.2 Å². The summed E-state index contributed by atoms with van der Waals surface area (Å²) in [5.74, 6) is 2.80. The van der Waals surface area contributed by atoms with Crippen molar-refractivity contribution in [3.63, 3.8) is 0 Å². The van der Waals surface area contributed by atoms with E-state index in [0.29, 0.717) is 35.1 Å². The van der Waals surface area contributed by atoms with Crippen molar-refractivity contribution in [3.8, 4) is 34.4 Å². The van der Waals surface area contributed by atoms with Crippen LogP contribution in [0.3, 0.4) is 0 Å². The van der Waals surface area contributed by atoms with Gasteiger partial charge in [0.2, 0.25) is 0 Å². The molecule has 10 nitrogen and oxygen atoms in total. The first-order valence-corrected chi connectivity index (χ1v) is 18.4. The fourth-order valence-electron chi connectivity index (χ4n) is 9.46. The van der Waals surface area contributed by atoms with E-state index in [-0.39, 0.29) is 35.6 Å². The number of para-hydroxylation sites is 2. The molecule has 0 saturated heterocycles. The van der Waals surface area contributed by atoms with Crippen LogP contribution in [0.4, 0.5) is 0 Å². The molecule has 3 saturated carbocycles. The van der Waals surface area contributed by atoms with Crippen LogP contribution in [0.2, 0.25) is 0 Å². The van der Waals surface area contributed by atoms with Crippen molar-refractivity contribution in [1.82, 2.24) is 35.0 Å². The monoisotopic (exact) mass is 707 g/mol. The first-order valence-electron chi connectivity index (χ1n) is 18.4. The molecule has 6 atom stereocenters. The number of nitrogens with zero attached hydrogens (tertiary/aromatic N) is 7. The molecule has 9 aromatic rings. The van der Waals surface area contributed by atoms with E-state index in [9.17, 15) is 0 Å². The maximum Gasteiger partial charge on any atom is 0.257 e. The van der Waals surface area contributed by atoms with Gasteiger partial charge in [-0.3, -0.25) is 0 Å². The van der Waals surface area contributed by atoms with Gasteiger partial charge in [0.15, 0.2) is 17.5 Å². The van der Waals surface area contributed by atoms with Crippen LogP contribution in [-0.4, -0.2) is 35.0 Å². The molecule has 12 rings (SSSR count). The van der Waals surface area contributed by atoms with Crippen molar-refractivity contribution in [2.45, 2.75) is 36.6 Å². The average Bonchev–Trinajstić information content (AvgIpc) is 4.08. The van der Waals surface area contributed by atoms with Crippen LogP contribution in [0.15, 0.2) is 153 Å². The third-order valence-corrected chi connectivity index (χ3v) is 11.6. The summed E-state index contributed by atoms with van der Waals surface area (Å²) in [6.07, 6.45) is 1.83. The van der Waals surface area contributed by atoms with Crippen molar-refractivity contribution in [1.29, 1.82) is 0 Å². The lowest BCUT2D eigenvalue weighted by atomic mass is 9.51. The van der Waals surface area contributed by atoms with Gasteiger partial charge >= 0.3 is 0 Å². The summed E-state index contributed by atoms with van der Waals surface area (Å²) < 4.78 is 20.6. The number of hydrogen-bond donors (Lipinski definition) is 0. The predicted octanol–water partition coefficient (Wildman–Crippen LogP) is 9.88. The molecule has 0 N–H and O–H groups in total. The van der Waals surface area contributed by atoms with Crippen LogP contribution in [0.25, 0.3) is 56.2 Å². The van der Waals surface area contributed by atoms with Crippen LogP contribution in [0.5, 0.6) is 0 Å². The number of benzene rings is 5. The van der Waals surface area contributed by atoms with Crippen LogP contribution < -0.4 is 0 Å². The zero-order valence-electron chi connectivity index (χ0n) is 29.0. The zero-order valence-corrected chi connectivity index (χ0v) is 29.0. The largest absolute Gasteiger partial charge is 0.336 e. The maximum absolute atomic E-state index is 6.06. The molecule has 262 valence electrons. The van der Waals surface area contributed by atoms with Crippen LogP contribution in [0.1, 0.15) is 54.1 Å². The number of fused-ring (bicyclic) bond motifs is 6. The number of aromatic nitrogens is 7. The Labute approximate surface area is 309 Å². The quantitative estimate of drug-likeness (QED) is 0.159. The molecule has 0 spiro atoms. The highest BCUT2D eigenvalue weighted by molar-refractivity contribution is 6.08. The zero-order chi connectivity index (χ0) is 35.6. The second-order valence-electron chi connectivity index (χ2n) is 14.3. The highest BCUT2D eigenvalue weighted by Crippen LogP contribution is 2.66. The molecular weight excluding hydrogens is 675 g/mol. The van der Waals surface area contributed by atoms with Gasteiger partial charge in [-0.2, -0.15) is 15.0 Å². The van der Waals surface area contributed by atoms with E-state index in [1.165, 1.54) is 10.8 Å². The summed E-state index contributed by atoms with van der Waals surface area (Å²) in [4.78, 5) is 15.4. The average molecular weight is 708 g/mol. The van der Waals surface area contributed by atoms with Crippen molar-refractivity contribution in [2.75, 3.05) is 0 Å². The number of hydrogen-bond acceptors (Lipinski definition) is 9. The molecule has 4 heterocycles. The Bertz CT molecular complexity index is 2680. The molecule has 2 bridgehead atoms. The Kier molecular flexibility index (Phi) is 7.14. The summed E-state index contributed by atoms with van der Waals surface area (Å²) in [5.41, 5.74) is 4.94. The van der Waals surface area contributed by atoms with Gasteiger partial charge in [0, 0.05) is 62.3 Å². The third-order valence-electron chi connectivity index (χ3n) is 11.6. The van der Waals surface area contributed by atoms with Crippen molar-refractivity contribution < 1.29 is 13.6 Å². The lowest BCUT2D eigenvalue weighted by Crippen LogP contribution is -2.49. The summed E-state index contributed by atoms with van der Waals surface area (Å²) in [6, 6.07) is 47.0. The van der Waals surface area contributed by atoms with Crippen molar-refractivity contribution >= 4 is 21.8 Å². The molecule has 0 radical (unpaired) electrons. The van der Waals surface area contributed by atoms with E-state index in [1.807, 2.05) is 91.0 Å². The fourth-order valence-corrected chi connectivity index (χ4v) is 9.46. The van der Waals surface area contributed by atoms with E-state index in [4.69, 9.17) is 44.0 Å². The topological polar surface area (TPSA) is 122 Å². The second-order valence-corrected chi connectivity index (χ2v) is 14.3. The van der Waals surface area contributed by atoms with Gasteiger partial charge in [-0.25, -0.2) is 0 Å². The maximum atomic E-state index is 6.06. The van der Waals surface area contributed by atoms with E-state index in [1.54, 1.807) is 0 Å². The SMILES string of the molecule is c1ccc(-c2nc(C3C4CCC(C3c3noc(-c5ccccc5)n3)C(n3c5ccccc5c5ccccc53)C4c3noc(-c4ccccc4)n3)no2)cc1. The molecule has 3 aliphatic carbocycles. The molecule has 0 aliphatic heterocycles. The molecule has 4 aromatic heterocycles. The van der Waals surface area contributed by atoms with Crippen molar-refractivity contribution in [2.24, 2.45) is 11.8 Å². The Morgan fingerprint density at radius 1 is 0.407 bits per heavy atom. The van der Waals surface area contributed by atoms with Crippen LogP contribution in [0, 0.1) is 11.8 Å². The fraction of sp³-hybridized carbons (Fsp3) is 0.182. The minimum Gasteiger partial charge on any atom is -0.336 e. The highest BCUT2D eigenvalue weighted by Gasteiger charge is 2.60. The van der Waals surface area contributed by atoms with Gasteiger partial charge in [-0.15, -0.1) is 0 Å². The smallest absolute Gasteiger partial charge is 0.257 e. The lowest BCUT2D eigenvalue weighted by molar-refractivity contribution is 0.0218. The summed E-state index contributed by atoms with van der Waals surface area (Å²) in [7, 11) is 0. The molecule has 10 heteroatoms. The van der Waals surface area contributed by atoms with Gasteiger partial charge in [0.25, 0.3) is 17.7 Å². The molecular formula is C44H33N7O3. The minimum absolute atomic E-state index is 0.0165. The normalized spacial score (nSPS) is 22.3. The van der Waals surface area contributed by atoms with E-state index in [0.717, 1.165) is 40.6 Å². The summed E-state index contributed by atoms with van der Waals surface area (Å²) in [5, 5.41) is 16.6. The second kappa shape index (κ2) is 12.5. The first-order chi connectivity index (χ1) is 26.8. The Morgan fingerprint density at radius 2 is 0.778 bits per heavy atom. The Morgan fingerprint density at radius 3 is 1.24 bits per heavy atom. The first kappa shape index (κ1) is 30.9. The van der Waals surface area contributed by atoms with Gasteiger partial charge < -0.3 is 18.1 Å². The Hall–Kier alpha value is -6.68. The lowest BCUT2D eigenvalue weighted by Gasteiger charge is -2.54. The van der Waals surface area contributed by atoms with Crippen LogP contribution >= 0.6 is 0 Å². The molecule has 6 unspecified atom stereocenters. The third kappa shape index (κ3) is 4.86. The van der Waals surface area contributed by atoms with Gasteiger partial charge in [-0.1, -0.05) is 106 Å². The molecule has 5 aromatic carbocycles. The van der Waals surface area contributed by atoms with Gasteiger partial charge in [0.1, 0.15) is 0 Å². The molecule has 3 fully saturated rings. The molecule has 0 amide bonds. The molecule has 3 aliphatic rings. The number of rotatable bonds is 7. The predicted molar refractivity (Wildman–Crippen MR) is 202 cm³/mol. The van der Waals surface area contributed by atoms with Crippen LogP contribution in [-0.2, 0) is 0 Å². The van der Waals surface area contributed by atoms with E-state index < -0.39 is 0 Å².